The number of allylic oxidation sites excluding steroid dienone is 1. The summed E-state index contributed by atoms with van der Waals surface area (Å²) in [6, 6.07) is 0. The van der Waals surface area contributed by atoms with Gasteiger partial charge in [-0.05, 0) is 6.92 Å². The van der Waals surface area contributed by atoms with Gasteiger partial charge in [-0.15, -0.1) is 0 Å². The fourth-order valence-corrected chi connectivity index (χ4v) is 0.968. The lowest BCUT2D eigenvalue weighted by atomic mass is 9.99. The summed E-state index contributed by atoms with van der Waals surface area (Å²) in [6.45, 7) is 0.481. The van der Waals surface area contributed by atoms with Crippen LogP contribution in [0.4, 0.5) is 13.2 Å². The van der Waals surface area contributed by atoms with Crippen LogP contribution < -0.4 is 11.1 Å². The summed E-state index contributed by atoms with van der Waals surface area (Å²) in [5, 5.41) is 11.5. The van der Waals surface area contributed by atoms with E-state index < -0.39 is 18.3 Å². The van der Waals surface area contributed by atoms with Crippen LogP contribution >= 0.6 is 0 Å². The molecular formula is C7H13F3N2O. The van der Waals surface area contributed by atoms with Gasteiger partial charge in [-0.25, -0.2) is 0 Å². The predicted octanol–water partition coefficient (Wildman–Crippen LogP) is 0.362. The Labute approximate surface area is 74.4 Å². The van der Waals surface area contributed by atoms with Crippen LogP contribution in [0.5, 0.6) is 0 Å². The first-order valence-corrected chi connectivity index (χ1v) is 3.67. The first kappa shape index (κ1) is 12.2. The number of likely N-dealkylation sites (N-methyl/N-ethyl adjacent to an activating group) is 1. The molecule has 0 fully saturated rings. The molecule has 0 aliphatic carbocycles. The van der Waals surface area contributed by atoms with Gasteiger partial charge in [0.1, 0.15) is 0 Å². The molecule has 0 saturated heterocycles. The SMILES string of the molecule is C/C=C(\NC)C(O)(CN)C(F)(F)F. The van der Waals surface area contributed by atoms with Gasteiger partial charge in [0.15, 0.2) is 0 Å². The Balaban J connectivity index is 5.05. The molecule has 78 valence electrons. The summed E-state index contributed by atoms with van der Waals surface area (Å²) in [4.78, 5) is 0. The third kappa shape index (κ3) is 2.13. The van der Waals surface area contributed by atoms with E-state index >= 15 is 0 Å². The molecule has 1 atom stereocenters. The van der Waals surface area contributed by atoms with Crippen molar-refractivity contribution in [3.63, 3.8) is 0 Å². The minimum Gasteiger partial charge on any atom is -0.389 e. The van der Waals surface area contributed by atoms with E-state index in [2.05, 4.69) is 5.32 Å². The monoisotopic (exact) mass is 198 g/mol. The average Bonchev–Trinajstić information content (AvgIpc) is 2.04. The Morgan fingerprint density at radius 2 is 2.00 bits per heavy atom. The van der Waals surface area contributed by atoms with Gasteiger partial charge in [0.25, 0.3) is 0 Å². The van der Waals surface area contributed by atoms with Crippen LogP contribution in [0.25, 0.3) is 0 Å². The van der Waals surface area contributed by atoms with Gasteiger partial charge < -0.3 is 16.2 Å². The van der Waals surface area contributed by atoms with E-state index in [1.54, 1.807) is 0 Å². The zero-order chi connectivity index (χ0) is 10.7. The van der Waals surface area contributed by atoms with Gasteiger partial charge in [-0.2, -0.15) is 13.2 Å². The van der Waals surface area contributed by atoms with Crippen LogP contribution in [-0.4, -0.2) is 30.5 Å². The Morgan fingerprint density at radius 3 is 2.08 bits per heavy atom. The minimum absolute atomic E-state index is 0.345. The molecule has 1 unspecified atom stereocenters. The molecule has 3 nitrogen and oxygen atoms in total. The van der Waals surface area contributed by atoms with Crippen LogP contribution in [0.15, 0.2) is 11.8 Å². The fraction of sp³-hybridized carbons (Fsp3) is 0.714. The predicted molar refractivity (Wildman–Crippen MR) is 42.9 cm³/mol. The Kier molecular flexibility index (Phi) is 3.74. The van der Waals surface area contributed by atoms with Crippen molar-refractivity contribution < 1.29 is 18.3 Å². The van der Waals surface area contributed by atoms with E-state index in [9.17, 15) is 18.3 Å². The number of halogens is 3. The summed E-state index contributed by atoms with van der Waals surface area (Å²) in [6.07, 6.45) is -3.63. The molecule has 6 heteroatoms. The molecule has 13 heavy (non-hydrogen) atoms. The van der Waals surface area contributed by atoms with Gasteiger partial charge in [-0.3, -0.25) is 0 Å². The molecule has 0 aromatic heterocycles. The summed E-state index contributed by atoms with van der Waals surface area (Å²) < 4.78 is 37.0. The molecule has 0 aliphatic heterocycles. The highest BCUT2D eigenvalue weighted by atomic mass is 19.4. The van der Waals surface area contributed by atoms with Crippen molar-refractivity contribution >= 4 is 0 Å². The average molecular weight is 198 g/mol. The molecule has 0 spiro atoms. The second-order valence-corrected chi connectivity index (χ2v) is 2.51. The molecule has 0 heterocycles. The second kappa shape index (κ2) is 3.97. The Hall–Kier alpha value is -0.750. The van der Waals surface area contributed by atoms with E-state index in [1.807, 2.05) is 0 Å². The molecular weight excluding hydrogens is 185 g/mol. The first-order chi connectivity index (χ1) is 5.83. The number of aliphatic hydroxyl groups is 1. The lowest BCUT2D eigenvalue weighted by Gasteiger charge is -2.31. The highest BCUT2D eigenvalue weighted by molar-refractivity contribution is 5.17. The van der Waals surface area contributed by atoms with E-state index in [0.717, 1.165) is 6.08 Å². The van der Waals surface area contributed by atoms with Crippen LogP contribution in [0.3, 0.4) is 0 Å². The maximum Gasteiger partial charge on any atom is 0.424 e. The van der Waals surface area contributed by atoms with Crippen molar-refractivity contribution in [2.45, 2.75) is 18.7 Å². The zero-order valence-electron chi connectivity index (χ0n) is 7.44. The van der Waals surface area contributed by atoms with E-state index in [4.69, 9.17) is 5.73 Å². The van der Waals surface area contributed by atoms with Crippen molar-refractivity contribution in [1.82, 2.24) is 5.32 Å². The zero-order valence-corrected chi connectivity index (χ0v) is 7.44. The van der Waals surface area contributed by atoms with Gasteiger partial charge in [-0.1, -0.05) is 6.08 Å². The molecule has 0 aliphatic rings. The van der Waals surface area contributed by atoms with Crippen molar-refractivity contribution in [3.8, 4) is 0 Å². The summed E-state index contributed by atoms with van der Waals surface area (Å²) in [5.74, 6) is 0. The normalized spacial score (nSPS) is 18.2. The number of nitrogens with two attached hydrogens (primary N) is 1. The van der Waals surface area contributed by atoms with Gasteiger partial charge in [0.05, 0.1) is 0 Å². The Morgan fingerprint density at radius 1 is 1.54 bits per heavy atom. The van der Waals surface area contributed by atoms with Crippen molar-refractivity contribution in [3.05, 3.63) is 11.8 Å². The summed E-state index contributed by atoms with van der Waals surface area (Å²) in [7, 11) is 1.29. The molecule has 0 radical (unpaired) electrons. The quantitative estimate of drug-likeness (QED) is 0.613. The van der Waals surface area contributed by atoms with Gasteiger partial charge in [0.2, 0.25) is 5.60 Å². The standard InChI is InChI=1S/C7H13F3N2O/c1-3-5(12-2)6(13,4-11)7(8,9)10/h3,12-13H,4,11H2,1-2H3/b5-3-. The van der Waals surface area contributed by atoms with Gasteiger partial charge >= 0.3 is 6.18 Å². The third-order valence-corrected chi connectivity index (χ3v) is 1.77. The smallest absolute Gasteiger partial charge is 0.389 e. The highest BCUT2D eigenvalue weighted by Crippen LogP contribution is 2.33. The largest absolute Gasteiger partial charge is 0.424 e. The van der Waals surface area contributed by atoms with Crippen LogP contribution in [0.2, 0.25) is 0 Å². The molecule has 4 N–H and O–H groups in total. The number of rotatable bonds is 3. The second-order valence-electron chi connectivity index (χ2n) is 2.51. The molecule has 0 aromatic carbocycles. The lowest BCUT2D eigenvalue weighted by molar-refractivity contribution is -0.241. The topological polar surface area (TPSA) is 58.3 Å². The Bertz CT molecular complexity index is 202. The summed E-state index contributed by atoms with van der Waals surface area (Å²) >= 11 is 0. The maximum absolute atomic E-state index is 12.3. The maximum atomic E-state index is 12.3. The van der Waals surface area contributed by atoms with Crippen LogP contribution in [0.1, 0.15) is 6.92 Å². The third-order valence-electron chi connectivity index (χ3n) is 1.77. The number of hydrogen-bond acceptors (Lipinski definition) is 3. The first-order valence-electron chi connectivity index (χ1n) is 3.67. The van der Waals surface area contributed by atoms with Crippen molar-refractivity contribution in [2.75, 3.05) is 13.6 Å². The van der Waals surface area contributed by atoms with Crippen molar-refractivity contribution in [1.29, 1.82) is 0 Å². The number of alkyl halides is 3. The highest BCUT2D eigenvalue weighted by Gasteiger charge is 2.55. The van der Waals surface area contributed by atoms with Crippen LogP contribution in [-0.2, 0) is 0 Å². The fourth-order valence-electron chi connectivity index (χ4n) is 0.968. The lowest BCUT2D eigenvalue weighted by Crippen LogP contribution is -2.55. The minimum atomic E-state index is -4.77. The molecule has 0 rings (SSSR count). The molecule has 0 saturated carbocycles. The molecule has 0 amide bonds. The van der Waals surface area contributed by atoms with Gasteiger partial charge in [0, 0.05) is 19.3 Å². The van der Waals surface area contributed by atoms with E-state index in [-0.39, 0.29) is 5.70 Å². The van der Waals surface area contributed by atoms with Crippen molar-refractivity contribution in [2.24, 2.45) is 5.73 Å². The molecule has 0 aromatic rings. The number of hydrogen-bond donors (Lipinski definition) is 3. The number of nitrogens with one attached hydrogen (secondary N) is 1. The van der Waals surface area contributed by atoms with E-state index in [1.165, 1.54) is 14.0 Å². The molecule has 0 bridgehead atoms. The van der Waals surface area contributed by atoms with E-state index in [0.29, 0.717) is 0 Å². The van der Waals surface area contributed by atoms with Crippen LogP contribution in [0, 0.1) is 0 Å². The summed E-state index contributed by atoms with van der Waals surface area (Å²) in [5.41, 5.74) is 1.57.